The number of nitrogens with one attached hydrogen (secondary N) is 1. The minimum atomic E-state index is 0.304. The van der Waals surface area contributed by atoms with Gasteiger partial charge in [0, 0.05) is 18.7 Å². The van der Waals surface area contributed by atoms with Gasteiger partial charge in [0.15, 0.2) is 5.78 Å². The van der Waals surface area contributed by atoms with Crippen LogP contribution in [0.4, 0.5) is 5.69 Å². The third kappa shape index (κ3) is 6.80. The number of ketones is 1. The van der Waals surface area contributed by atoms with Gasteiger partial charge >= 0.3 is 0 Å². The number of benzene rings is 1. The van der Waals surface area contributed by atoms with Gasteiger partial charge in [-0.25, -0.2) is 0 Å². The molecule has 19 heavy (non-hydrogen) atoms. The molecule has 104 valence electrons. The molecule has 1 aromatic rings. The highest BCUT2D eigenvalue weighted by atomic mass is 16.1. The summed E-state index contributed by atoms with van der Waals surface area (Å²) in [6, 6.07) is 10.2. The molecule has 0 bridgehead atoms. The molecule has 0 saturated heterocycles. The number of carbonyl (C=O) groups is 1. The SMILES string of the molecule is CCC=C(C)C(=O)CCCCCNc1ccccc1. The molecule has 0 aromatic heterocycles. The second-order valence-electron chi connectivity index (χ2n) is 4.82. The van der Waals surface area contributed by atoms with Crippen LogP contribution < -0.4 is 5.32 Å². The Kier molecular flexibility index (Phi) is 7.64. The molecule has 0 aliphatic carbocycles. The van der Waals surface area contributed by atoms with Gasteiger partial charge in [-0.2, -0.15) is 0 Å². The van der Waals surface area contributed by atoms with E-state index in [1.807, 2.05) is 31.2 Å². The predicted molar refractivity (Wildman–Crippen MR) is 82.5 cm³/mol. The standard InChI is InChI=1S/C17H25NO/c1-3-10-15(2)17(19)13-8-5-9-14-18-16-11-6-4-7-12-16/h4,6-7,10-12,18H,3,5,8-9,13-14H2,1-2H3. The van der Waals surface area contributed by atoms with Crippen LogP contribution in [0.3, 0.4) is 0 Å². The summed E-state index contributed by atoms with van der Waals surface area (Å²) in [4.78, 5) is 11.7. The Morgan fingerprint density at radius 1 is 1.16 bits per heavy atom. The van der Waals surface area contributed by atoms with Crippen LogP contribution in [-0.2, 0) is 4.79 Å². The molecule has 0 saturated carbocycles. The summed E-state index contributed by atoms with van der Waals surface area (Å²) < 4.78 is 0. The first-order valence-corrected chi connectivity index (χ1v) is 7.23. The van der Waals surface area contributed by atoms with E-state index >= 15 is 0 Å². The summed E-state index contributed by atoms with van der Waals surface area (Å²) in [7, 11) is 0. The lowest BCUT2D eigenvalue weighted by Crippen LogP contribution is -2.03. The highest BCUT2D eigenvalue weighted by molar-refractivity contribution is 5.94. The average Bonchev–Trinajstić information content (AvgIpc) is 2.43. The maximum atomic E-state index is 11.7. The van der Waals surface area contributed by atoms with E-state index in [4.69, 9.17) is 0 Å². The van der Waals surface area contributed by atoms with E-state index in [-0.39, 0.29) is 0 Å². The highest BCUT2D eigenvalue weighted by Gasteiger charge is 2.03. The van der Waals surface area contributed by atoms with Gasteiger partial charge in [0.05, 0.1) is 0 Å². The molecule has 2 nitrogen and oxygen atoms in total. The molecule has 2 heteroatoms. The molecular formula is C17H25NO. The van der Waals surface area contributed by atoms with Gasteiger partial charge in [0.1, 0.15) is 0 Å². The molecular weight excluding hydrogens is 234 g/mol. The number of allylic oxidation sites excluding steroid dienone is 2. The fraction of sp³-hybridized carbons (Fsp3) is 0.471. The van der Waals surface area contributed by atoms with Crippen molar-refractivity contribution in [2.45, 2.75) is 46.0 Å². The van der Waals surface area contributed by atoms with Gasteiger partial charge in [0.25, 0.3) is 0 Å². The molecule has 0 unspecified atom stereocenters. The normalized spacial score (nSPS) is 11.4. The van der Waals surface area contributed by atoms with Crippen LogP contribution in [0.5, 0.6) is 0 Å². The zero-order chi connectivity index (χ0) is 13.9. The van der Waals surface area contributed by atoms with Gasteiger partial charge in [0.2, 0.25) is 0 Å². The number of rotatable bonds is 9. The van der Waals surface area contributed by atoms with Crippen molar-refractivity contribution in [3.63, 3.8) is 0 Å². The van der Waals surface area contributed by atoms with Gasteiger partial charge in [-0.15, -0.1) is 0 Å². The fourth-order valence-corrected chi connectivity index (χ4v) is 1.99. The summed E-state index contributed by atoms with van der Waals surface area (Å²) in [6.07, 6.45) is 6.85. The molecule has 0 spiro atoms. The third-order valence-corrected chi connectivity index (χ3v) is 3.13. The summed E-state index contributed by atoms with van der Waals surface area (Å²) >= 11 is 0. The van der Waals surface area contributed by atoms with Gasteiger partial charge in [-0.3, -0.25) is 4.79 Å². The highest BCUT2D eigenvalue weighted by Crippen LogP contribution is 2.08. The molecule has 0 heterocycles. The van der Waals surface area contributed by atoms with Crippen molar-refractivity contribution in [1.82, 2.24) is 0 Å². The van der Waals surface area contributed by atoms with Crippen molar-refractivity contribution in [3.8, 4) is 0 Å². The van der Waals surface area contributed by atoms with Gasteiger partial charge in [-0.05, 0) is 43.9 Å². The van der Waals surface area contributed by atoms with E-state index in [0.29, 0.717) is 12.2 Å². The van der Waals surface area contributed by atoms with Gasteiger partial charge < -0.3 is 5.32 Å². The fourth-order valence-electron chi connectivity index (χ4n) is 1.99. The number of Topliss-reactive ketones (excluding diaryl/α,β-unsaturated/α-hetero) is 1. The second kappa shape index (κ2) is 9.37. The smallest absolute Gasteiger partial charge is 0.158 e. The quantitative estimate of drug-likeness (QED) is 0.519. The summed E-state index contributed by atoms with van der Waals surface area (Å²) in [5.41, 5.74) is 2.09. The van der Waals surface area contributed by atoms with Crippen molar-refractivity contribution in [2.24, 2.45) is 0 Å². The number of hydrogen-bond acceptors (Lipinski definition) is 2. The summed E-state index contributed by atoms with van der Waals surface area (Å²) in [5.74, 6) is 0.304. The lowest BCUT2D eigenvalue weighted by atomic mass is 10.1. The van der Waals surface area contributed by atoms with E-state index in [1.54, 1.807) is 0 Å². The van der Waals surface area contributed by atoms with Crippen molar-refractivity contribution >= 4 is 11.5 Å². The Labute approximate surface area is 116 Å². The molecule has 0 fully saturated rings. The first-order chi connectivity index (χ1) is 9.24. The van der Waals surface area contributed by atoms with Crippen LogP contribution in [0.2, 0.25) is 0 Å². The van der Waals surface area contributed by atoms with E-state index in [2.05, 4.69) is 24.4 Å². The lowest BCUT2D eigenvalue weighted by Gasteiger charge is -2.06. The van der Waals surface area contributed by atoms with E-state index in [1.165, 1.54) is 5.69 Å². The Bertz CT molecular complexity index is 395. The Morgan fingerprint density at radius 3 is 2.58 bits per heavy atom. The van der Waals surface area contributed by atoms with Crippen LogP contribution in [0.25, 0.3) is 0 Å². The van der Waals surface area contributed by atoms with Crippen molar-refractivity contribution < 1.29 is 4.79 Å². The molecule has 1 rings (SSSR count). The van der Waals surface area contributed by atoms with Crippen LogP contribution in [0.15, 0.2) is 42.0 Å². The molecule has 1 N–H and O–H groups in total. The Morgan fingerprint density at radius 2 is 1.89 bits per heavy atom. The van der Waals surface area contributed by atoms with Crippen LogP contribution in [0.1, 0.15) is 46.0 Å². The number of anilines is 1. The number of hydrogen-bond donors (Lipinski definition) is 1. The van der Waals surface area contributed by atoms with Crippen LogP contribution in [-0.4, -0.2) is 12.3 Å². The van der Waals surface area contributed by atoms with Crippen molar-refractivity contribution in [2.75, 3.05) is 11.9 Å². The van der Waals surface area contributed by atoms with Gasteiger partial charge in [-0.1, -0.05) is 37.6 Å². The van der Waals surface area contributed by atoms with Crippen molar-refractivity contribution in [1.29, 1.82) is 0 Å². The van der Waals surface area contributed by atoms with Crippen LogP contribution in [0, 0.1) is 0 Å². The molecule has 1 aromatic carbocycles. The zero-order valence-corrected chi connectivity index (χ0v) is 12.1. The molecule has 0 radical (unpaired) electrons. The maximum Gasteiger partial charge on any atom is 0.158 e. The molecule has 0 amide bonds. The number of carbonyl (C=O) groups excluding carboxylic acids is 1. The van der Waals surface area contributed by atoms with Crippen LogP contribution >= 0.6 is 0 Å². The van der Waals surface area contributed by atoms with E-state index in [9.17, 15) is 4.79 Å². The van der Waals surface area contributed by atoms with E-state index < -0.39 is 0 Å². The first kappa shape index (κ1) is 15.5. The molecule has 0 aliphatic heterocycles. The maximum absolute atomic E-state index is 11.7. The topological polar surface area (TPSA) is 29.1 Å². The minimum absolute atomic E-state index is 0.304. The summed E-state index contributed by atoms with van der Waals surface area (Å²) in [6.45, 7) is 4.96. The second-order valence-corrected chi connectivity index (χ2v) is 4.82. The lowest BCUT2D eigenvalue weighted by molar-refractivity contribution is -0.115. The first-order valence-electron chi connectivity index (χ1n) is 7.23. The Balaban J connectivity index is 2.06. The molecule has 0 atom stereocenters. The van der Waals surface area contributed by atoms with E-state index in [0.717, 1.165) is 37.8 Å². The average molecular weight is 259 g/mol. The van der Waals surface area contributed by atoms with Crippen molar-refractivity contribution in [3.05, 3.63) is 42.0 Å². The number of para-hydroxylation sites is 1. The summed E-state index contributed by atoms with van der Waals surface area (Å²) in [5, 5.41) is 3.38. The zero-order valence-electron chi connectivity index (χ0n) is 12.1. The third-order valence-electron chi connectivity index (χ3n) is 3.13. The predicted octanol–water partition coefficient (Wildman–Crippen LogP) is 4.58. The Hall–Kier alpha value is -1.57. The number of unbranched alkanes of at least 4 members (excludes halogenated alkanes) is 2. The monoisotopic (exact) mass is 259 g/mol. The minimum Gasteiger partial charge on any atom is -0.385 e. The molecule has 0 aliphatic rings. The largest absolute Gasteiger partial charge is 0.385 e.